The SMILES string of the molecule is Cl.O=C(NCCCCN1CCCC1)c1cc(Br)ccc1Cl. The van der Waals surface area contributed by atoms with E-state index in [9.17, 15) is 4.79 Å². The number of likely N-dealkylation sites (tertiary alicyclic amines) is 1. The molecule has 1 amide bonds. The standard InChI is InChI=1S/C15H20BrClN2O.ClH/c16-12-5-6-14(17)13(11-12)15(20)18-7-1-2-8-19-9-3-4-10-19;/h5-6,11H,1-4,7-10H2,(H,18,20);1H. The zero-order valence-electron chi connectivity index (χ0n) is 11.9. The smallest absolute Gasteiger partial charge is 0.252 e. The van der Waals surface area contributed by atoms with Crippen molar-refractivity contribution >= 4 is 45.8 Å². The van der Waals surface area contributed by atoms with Gasteiger partial charge in [0.05, 0.1) is 10.6 Å². The van der Waals surface area contributed by atoms with Gasteiger partial charge >= 0.3 is 0 Å². The summed E-state index contributed by atoms with van der Waals surface area (Å²) in [5.41, 5.74) is 0.528. The van der Waals surface area contributed by atoms with Crippen LogP contribution in [-0.4, -0.2) is 37.0 Å². The van der Waals surface area contributed by atoms with Crippen molar-refractivity contribution in [3.8, 4) is 0 Å². The number of hydrogen-bond donors (Lipinski definition) is 1. The maximum absolute atomic E-state index is 12.0. The molecule has 1 aromatic carbocycles. The Morgan fingerprint density at radius 3 is 2.71 bits per heavy atom. The van der Waals surface area contributed by atoms with Gasteiger partial charge in [-0.25, -0.2) is 0 Å². The van der Waals surface area contributed by atoms with E-state index in [1.54, 1.807) is 12.1 Å². The average molecular weight is 396 g/mol. The second-order valence-electron chi connectivity index (χ2n) is 5.14. The molecule has 0 aliphatic carbocycles. The largest absolute Gasteiger partial charge is 0.352 e. The van der Waals surface area contributed by atoms with E-state index in [4.69, 9.17) is 11.6 Å². The van der Waals surface area contributed by atoms with Crippen molar-refractivity contribution in [3.63, 3.8) is 0 Å². The molecule has 0 spiro atoms. The minimum Gasteiger partial charge on any atom is -0.352 e. The number of halogens is 3. The lowest BCUT2D eigenvalue weighted by Gasteiger charge is -2.14. The maximum Gasteiger partial charge on any atom is 0.252 e. The van der Waals surface area contributed by atoms with Crippen LogP contribution in [0.15, 0.2) is 22.7 Å². The second-order valence-corrected chi connectivity index (χ2v) is 6.46. The highest BCUT2D eigenvalue weighted by molar-refractivity contribution is 9.10. The highest BCUT2D eigenvalue weighted by Crippen LogP contribution is 2.20. The molecule has 0 unspecified atom stereocenters. The first kappa shape index (κ1) is 18.8. The Kier molecular flexibility index (Phi) is 8.64. The van der Waals surface area contributed by atoms with Gasteiger partial charge in [-0.05, 0) is 63.5 Å². The second kappa shape index (κ2) is 9.67. The van der Waals surface area contributed by atoms with E-state index in [1.807, 2.05) is 6.07 Å². The molecule has 0 aromatic heterocycles. The van der Waals surface area contributed by atoms with E-state index in [0.29, 0.717) is 17.1 Å². The first-order chi connectivity index (χ1) is 9.66. The van der Waals surface area contributed by atoms with Crippen LogP contribution >= 0.6 is 39.9 Å². The van der Waals surface area contributed by atoms with Crippen molar-refractivity contribution in [3.05, 3.63) is 33.3 Å². The highest BCUT2D eigenvalue weighted by atomic mass is 79.9. The van der Waals surface area contributed by atoms with Crippen LogP contribution in [0, 0.1) is 0 Å². The molecule has 1 fully saturated rings. The Morgan fingerprint density at radius 1 is 1.29 bits per heavy atom. The number of amides is 1. The van der Waals surface area contributed by atoms with Crippen molar-refractivity contribution < 1.29 is 4.79 Å². The van der Waals surface area contributed by atoms with Gasteiger partial charge in [-0.15, -0.1) is 12.4 Å². The molecule has 1 heterocycles. The summed E-state index contributed by atoms with van der Waals surface area (Å²) in [6, 6.07) is 5.31. The summed E-state index contributed by atoms with van der Waals surface area (Å²) < 4.78 is 0.862. The van der Waals surface area contributed by atoms with E-state index < -0.39 is 0 Å². The number of nitrogens with zero attached hydrogens (tertiary/aromatic N) is 1. The zero-order chi connectivity index (χ0) is 14.4. The monoisotopic (exact) mass is 394 g/mol. The van der Waals surface area contributed by atoms with Gasteiger partial charge in [-0.3, -0.25) is 4.79 Å². The molecule has 1 N–H and O–H groups in total. The average Bonchev–Trinajstić information content (AvgIpc) is 2.94. The molecule has 1 aliphatic rings. The number of benzene rings is 1. The topological polar surface area (TPSA) is 32.3 Å². The zero-order valence-corrected chi connectivity index (χ0v) is 15.1. The van der Waals surface area contributed by atoms with Gasteiger partial charge in [0.2, 0.25) is 0 Å². The third-order valence-electron chi connectivity index (χ3n) is 3.56. The van der Waals surface area contributed by atoms with Crippen molar-refractivity contribution in [2.45, 2.75) is 25.7 Å². The van der Waals surface area contributed by atoms with Crippen molar-refractivity contribution in [1.29, 1.82) is 0 Å². The van der Waals surface area contributed by atoms with Gasteiger partial charge in [0, 0.05) is 11.0 Å². The predicted molar refractivity (Wildman–Crippen MR) is 93.6 cm³/mol. The van der Waals surface area contributed by atoms with Gasteiger partial charge in [0.25, 0.3) is 5.91 Å². The number of unbranched alkanes of at least 4 members (excludes halogenated alkanes) is 1. The van der Waals surface area contributed by atoms with Crippen LogP contribution in [0.5, 0.6) is 0 Å². The summed E-state index contributed by atoms with van der Waals surface area (Å²) in [6.07, 6.45) is 4.80. The molecule has 0 bridgehead atoms. The summed E-state index contributed by atoms with van der Waals surface area (Å²) in [5.74, 6) is -0.0996. The summed E-state index contributed by atoms with van der Waals surface area (Å²) in [5, 5.41) is 3.42. The van der Waals surface area contributed by atoms with Crippen molar-refractivity contribution in [1.82, 2.24) is 10.2 Å². The van der Waals surface area contributed by atoms with E-state index in [0.717, 1.165) is 23.9 Å². The predicted octanol–water partition coefficient (Wildman–Crippen LogP) is 4.13. The van der Waals surface area contributed by atoms with Gasteiger partial charge in [0.1, 0.15) is 0 Å². The molecule has 2 rings (SSSR count). The van der Waals surface area contributed by atoms with E-state index in [1.165, 1.54) is 25.9 Å². The number of nitrogens with one attached hydrogen (secondary N) is 1. The van der Waals surface area contributed by atoms with Gasteiger partial charge in [0.15, 0.2) is 0 Å². The Balaban J connectivity index is 0.00000220. The van der Waals surface area contributed by atoms with E-state index in [2.05, 4.69) is 26.1 Å². The summed E-state index contributed by atoms with van der Waals surface area (Å²) in [4.78, 5) is 14.5. The number of carbonyl (C=O) groups excluding carboxylic acids is 1. The summed E-state index contributed by atoms with van der Waals surface area (Å²) in [7, 11) is 0. The van der Waals surface area contributed by atoms with Crippen LogP contribution in [0.2, 0.25) is 5.02 Å². The molecule has 1 aromatic rings. The summed E-state index contributed by atoms with van der Waals surface area (Å²) >= 11 is 9.38. The number of carbonyl (C=O) groups is 1. The Bertz CT molecular complexity index is 465. The minimum atomic E-state index is -0.0996. The van der Waals surface area contributed by atoms with Crippen molar-refractivity contribution in [2.75, 3.05) is 26.2 Å². The molecule has 118 valence electrons. The van der Waals surface area contributed by atoms with Gasteiger partial charge < -0.3 is 10.2 Å². The molecule has 0 saturated carbocycles. The fraction of sp³-hybridized carbons (Fsp3) is 0.533. The van der Waals surface area contributed by atoms with E-state index in [-0.39, 0.29) is 18.3 Å². The molecule has 1 saturated heterocycles. The molecule has 6 heteroatoms. The lowest BCUT2D eigenvalue weighted by molar-refractivity contribution is 0.0952. The van der Waals surface area contributed by atoms with Crippen LogP contribution in [0.4, 0.5) is 0 Å². The van der Waals surface area contributed by atoms with Crippen LogP contribution in [0.25, 0.3) is 0 Å². The third kappa shape index (κ3) is 6.15. The van der Waals surface area contributed by atoms with Crippen LogP contribution in [0.1, 0.15) is 36.0 Å². The number of hydrogen-bond acceptors (Lipinski definition) is 2. The molecule has 3 nitrogen and oxygen atoms in total. The van der Waals surface area contributed by atoms with Gasteiger partial charge in [-0.1, -0.05) is 27.5 Å². The van der Waals surface area contributed by atoms with Crippen LogP contribution < -0.4 is 5.32 Å². The highest BCUT2D eigenvalue weighted by Gasteiger charge is 2.12. The van der Waals surface area contributed by atoms with Crippen molar-refractivity contribution in [2.24, 2.45) is 0 Å². The Hall–Kier alpha value is -0.290. The first-order valence-corrected chi connectivity index (χ1v) is 8.29. The maximum atomic E-state index is 12.0. The molecule has 0 radical (unpaired) electrons. The van der Waals surface area contributed by atoms with Crippen LogP contribution in [-0.2, 0) is 0 Å². The Morgan fingerprint density at radius 2 is 2.00 bits per heavy atom. The number of rotatable bonds is 6. The fourth-order valence-corrected chi connectivity index (χ4v) is 3.00. The molecular weight excluding hydrogens is 375 g/mol. The lowest BCUT2D eigenvalue weighted by Crippen LogP contribution is -2.26. The Labute approximate surface area is 146 Å². The molecule has 21 heavy (non-hydrogen) atoms. The third-order valence-corrected chi connectivity index (χ3v) is 4.38. The minimum absolute atomic E-state index is 0. The quantitative estimate of drug-likeness (QED) is 0.734. The molecule has 1 aliphatic heterocycles. The van der Waals surface area contributed by atoms with Crippen LogP contribution in [0.3, 0.4) is 0 Å². The lowest BCUT2D eigenvalue weighted by atomic mass is 10.2. The first-order valence-electron chi connectivity index (χ1n) is 7.12. The molecular formula is C15H21BrCl2N2O. The fourth-order valence-electron chi connectivity index (χ4n) is 2.44. The van der Waals surface area contributed by atoms with Gasteiger partial charge in [-0.2, -0.15) is 0 Å². The molecule has 0 atom stereocenters. The van der Waals surface area contributed by atoms with E-state index >= 15 is 0 Å². The summed E-state index contributed by atoms with van der Waals surface area (Å²) in [6.45, 7) is 4.32. The normalized spacial score (nSPS) is 14.8.